The molecule has 0 unspecified atom stereocenters. The first kappa shape index (κ1) is 49.2. The molecule has 0 aliphatic carbocycles. The van der Waals surface area contributed by atoms with E-state index in [2.05, 4.69) is 15.5 Å². The molecule has 352 valence electrons. The maximum atomic E-state index is 14.5. The number of rotatable bonds is 14. The molecule has 1 aromatic heterocycles. The van der Waals surface area contributed by atoms with Gasteiger partial charge in [0.25, 0.3) is 0 Å². The Morgan fingerprint density at radius 3 is 2.29 bits per heavy atom. The molecule has 5 aromatic rings. The molecule has 0 bridgehead atoms. The van der Waals surface area contributed by atoms with Gasteiger partial charge in [0.2, 0.25) is 17.7 Å². The van der Waals surface area contributed by atoms with Crippen molar-refractivity contribution in [3.05, 3.63) is 144 Å². The van der Waals surface area contributed by atoms with Gasteiger partial charge in [-0.3, -0.25) is 19.4 Å². The minimum absolute atomic E-state index is 0.0166. The lowest BCUT2D eigenvalue weighted by Gasteiger charge is -2.46. The average Bonchev–Trinajstić information content (AvgIpc) is 3.81. The van der Waals surface area contributed by atoms with E-state index in [1.807, 2.05) is 40.5 Å². The first-order valence-electron chi connectivity index (χ1n) is 21.4. The highest BCUT2D eigenvalue weighted by molar-refractivity contribution is 5.98. The summed E-state index contributed by atoms with van der Waals surface area (Å²) in [7, 11) is 0. The zero-order chi connectivity index (χ0) is 47.6. The number of amides is 2. The van der Waals surface area contributed by atoms with Crippen LogP contribution in [-0.4, -0.2) is 111 Å². The van der Waals surface area contributed by atoms with Crippen molar-refractivity contribution < 1.29 is 56.1 Å². The molecule has 0 saturated carbocycles. The van der Waals surface area contributed by atoms with Crippen LogP contribution < -0.4 is 15.4 Å². The Balaban J connectivity index is 0.000000574. The fourth-order valence-corrected chi connectivity index (χ4v) is 8.03. The van der Waals surface area contributed by atoms with Crippen LogP contribution in [0.5, 0.6) is 5.75 Å². The minimum Gasteiger partial charge on any atom is -0.490 e. The van der Waals surface area contributed by atoms with E-state index >= 15 is 0 Å². The first-order chi connectivity index (χ1) is 31.4. The van der Waals surface area contributed by atoms with Crippen LogP contribution in [0.4, 0.5) is 22.0 Å². The SMILES string of the molecule is C/C(=N\O)c1ccccc1F.CC(C)(c1ncc(-c2ccccc2F)o1)N1CCN(C[C@@H](O)C[C@@H](Cc2ccccc2)C(=O)N[C@H]2c3ccccc3OC[C@H]2O)[C@H](C(=O)NCC(F)(F)F)C1. The van der Waals surface area contributed by atoms with E-state index in [4.69, 9.17) is 14.4 Å². The van der Waals surface area contributed by atoms with Crippen molar-refractivity contribution in [2.75, 3.05) is 39.3 Å². The molecular weight excluding hydrogens is 868 g/mol. The normalized spacial score (nSPS) is 19.1. The number of alkyl halides is 3. The van der Waals surface area contributed by atoms with Crippen molar-refractivity contribution in [3.8, 4) is 17.1 Å². The number of nitrogens with zero attached hydrogens (tertiary/aromatic N) is 4. The number of hydrogen-bond acceptors (Lipinski definition) is 11. The Morgan fingerprint density at radius 1 is 0.924 bits per heavy atom. The number of carbonyl (C=O) groups excluding carboxylic acids is 2. The third-order valence-corrected chi connectivity index (χ3v) is 11.7. The standard InChI is InChI=1S/C40H45F4N5O6.C8H8FNO/c1-39(2,38-45-20-34(55-38)28-12-6-8-14-30(28)41)49-17-16-48(31(22-49)37(53)46-24-40(42,43)44)21-27(50)19-26(18-25-10-4-3-5-11-25)36(52)47-35-29-13-7-9-15-33(29)54-23-32(35)51;1-6(10-11)7-4-2-3-5-8(7)9/h3-15,20,26-27,31-32,35,50-51H,16-19,21-24H2,1-2H3,(H,46,53)(H,47,52);2-5,11H,1H3/b;10-6+/t26-,27+,31+,32-,35+;/m1./s1. The lowest BCUT2D eigenvalue weighted by molar-refractivity contribution is -0.144. The van der Waals surface area contributed by atoms with Crippen LogP contribution in [0.15, 0.2) is 119 Å². The molecule has 2 aliphatic rings. The summed E-state index contributed by atoms with van der Waals surface area (Å²) >= 11 is 0. The highest BCUT2D eigenvalue weighted by Gasteiger charge is 2.43. The molecular formula is C48H53F5N6O7. The summed E-state index contributed by atoms with van der Waals surface area (Å²) in [4.78, 5) is 35.3. The van der Waals surface area contributed by atoms with E-state index in [-0.39, 0.29) is 67.8 Å². The van der Waals surface area contributed by atoms with Gasteiger partial charge in [0.05, 0.1) is 35.2 Å². The molecule has 1 fully saturated rings. The predicted molar refractivity (Wildman–Crippen MR) is 234 cm³/mol. The minimum atomic E-state index is -4.65. The number of piperazine rings is 1. The van der Waals surface area contributed by atoms with Crippen molar-refractivity contribution in [1.82, 2.24) is 25.4 Å². The van der Waals surface area contributed by atoms with Crippen LogP contribution in [0.1, 0.15) is 55.8 Å². The average molecular weight is 921 g/mol. The number of para-hydroxylation sites is 1. The monoisotopic (exact) mass is 920 g/mol. The van der Waals surface area contributed by atoms with Gasteiger partial charge in [-0.2, -0.15) is 13.2 Å². The largest absolute Gasteiger partial charge is 0.490 e. The van der Waals surface area contributed by atoms with Crippen molar-refractivity contribution in [3.63, 3.8) is 0 Å². The maximum absolute atomic E-state index is 14.5. The zero-order valence-electron chi connectivity index (χ0n) is 36.6. The van der Waals surface area contributed by atoms with Crippen molar-refractivity contribution >= 4 is 17.5 Å². The van der Waals surface area contributed by atoms with Gasteiger partial charge in [-0.25, -0.2) is 13.8 Å². The quantitative estimate of drug-likeness (QED) is 0.0353. The van der Waals surface area contributed by atoms with E-state index in [1.165, 1.54) is 18.3 Å². The Hall–Kier alpha value is -6.21. The number of benzene rings is 4. The van der Waals surface area contributed by atoms with Gasteiger partial charge in [-0.15, -0.1) is 0 Å². The zero-order valence-corrected chi connectivity index (χ0v) is 36.6. The lowest BCUT2D eigenvalue weighted by Crippen LogP contribution is -2.63. The molecule has 7 rings (SSSR count). The highest BCUT2D eigenvalue weighted by atomic mass is 19.4. The number of carbonyl (C=O) groups is 2. The fraction of sp³-hybridized carbons (Fsp3) is 0.375. The predicted octanol–water partition coefficient (Wildman–Crippen LogP) is 6.63. The molecule has 0 spiro atoms. The van der Waals surface area contributed by atoms with Crippen molar-refractivity contribution in [1.29, 1.82) is 0 Å². The van der Waals surface area contributed by atoms with Gasteiger partial charge in [0.15, 0.2) is 5.76 Å². The van der Waals surface area contributed by atoms with Gasteiger partial charge < -0.3 is 35.2 Å². The van der Waals surface area contributed by atoms with E-state index in [1.54, 1.807) is 86.3 Å². The summed E-state index contributed by atoms with van der Waals surface area (Å²) in [6, 6.07) is 26.7. The summed E-state index contributed by atoms with van der Waals surface area (Å²) in [5.41, 5.74) is 1.32. The van der Waals surface area contributed by atoms with E-state index in [9.17, 15) is 41.8 Å². The Bertz CT molecular complexity index is 2430. The second kappa shape index (κ2) is 21.9. The van der Waals surface area contributed by atoms with Gasteiger partial charge in [-0.1, -0.05) is 84.0 Å². The molecule has 66 heavy (non-hydrogen) atoms. The van der Waals surface area contributed by atoms with Crippen LogP contribution in [0.25, 0.3) is 11.3 Å². The number of oxazole rings is 1. The lowest BCUT2D eigenvalue weighted by atomic mass is 9.90. The molecule has 2 amide bonds. The summed E-state index contributed by atoms with van der Waals surface area (Å²) < 4.78 is 78.7. The third-order valence-electron chi connectivity index (χ3n) is 11.7. The van der Waals surface area contributed by atoms with Gasteiger partial charge in [-0.05, 0) is 63.4 Å². The number of hydrogen-bond donors (Lipinski definition) is 5. The van der Waals surface area contributed by atoms with Gasteiger partial charge >= 0.3 is 6.18 Å². The molecule has 2 aliphatic heterocycles. The molecule has 1 saturated heterocycles. The molecule has 0 radical (unpaired) electrons. The van der Waals surface area contributed by atoms with E-state index < -0.39 is 66.1 Å². The van der Waals surface area contributed by atoms with Crippen LogP contribution >= 0.6 is 0 Å². The number of aliphatic hydroxyl groups excluding tert-OH is 2. The van der Waals surface area contributed by atoms with Crippen LogP contribution in [-0.2, 0) is 21.5 Å². The smallest absolute Gasteiger partial charge is 0.405 e. The maximum Gasteiger partial charge on any atom is 0.405 e. The number of β-amino-alcohol motifs (C(OH)–C–C–N with tert-alkyl or cyclic N) is 1. The number of oxime groups is 1. The third kappa shape index (κ3) is 12.6. The Labute approximate surface area is 378 Å². The van der Waals surface area contributed by atoms with Gasteiger partial charge in [0, 0.05) is 43.2 Å². The number of ether oxygens (including phenoxy) is 1. The van der Waals surface area contributed by atoms with E-state index in [0.717, 1.165) is 5.56 Å². The Morgan fingerprint density at radius 2 is 1.59 bits per heavy atom. The van der Waals surface area contributed by atoms with Crippen molar-refractivity contribution in [2.45, 2.75) is 69.6 Å². The number of aliphatic hydroxyl groups is 2. The fourth-order valence-electron chi connectivity index (χ4n) is 8.03. The van der Waals surface area contributed by atoms with Crippen LogP contribution in [0.2, 0.25) is 0 Å². The molecule has 5 N–H and O–H groups in total. The second-order valence-corrected chi connectivity index (χ2v) is 16.7. The molecule has 4 aromatic carbocycles. The molecule has 18 heteroatoms. The Kier molecular flexibility index (Phi) is 16.3. The highest BCUT2D eigenvalue weighted by Crippen LogP contribution is 2.35. The summed E-state index contributed by atoms with van der Waals surface area (Å²) in [5, 5.41) is 38.5. The number of halogens is 5. The number of aromatic nitrogens is 1. The summed E-state index contributed by atoms with van der Waals surface area (Å²) in [5.74, 6) is -1.96. The van der Waals surface area contributed by atoms with Crippen LogP contribution in [0, 0.1) is 17.6 Å². The van der Waals surface area contributed by atoms with E-state index in [0.29, 0.717) is 23.4 Å². The van der Waals surface area contributed by atoms with Gasteiger partial charge in [0.1, 0.15) is 42.7 Å². The molecule has 3 heterocycles. The summed E-state index contributed by atoms with van der Waals surface area (Å²) in [6.45, 7) is 3.90. The van der Waals surface area contributed by atoms with Crippen molar-refractivity contribution in [2.24, 2.45) is 11.1 Å². The number of fused-ring (bicyclic) bond motifs is 1. The second-order valence-electron chi connectivity index (χ2n) is 16.7. The molecule has 13 nitrogen and oxygen atoms in total. The number of nitrogens with one attached hydrogen (secondary N) is 2. The van der Waals surface area contributed by atoms with Crippen LogP contribution in [0.3, 0.4) is 0 Å². The summed E-state index contributed by atoms with van der Waals surface area (Å²) in [6.07, 6.45) is -5.21. The topological polar surface area (TPSA) is 173 Å². The first-order valence-corrected chi connectivity index (χ1v) is 21.4. The molecule has 5 atom stereocenters.